The first-order valence-corrected chi connectivity index (χ1v) is 2.51. The van der Waals surface area contributed by atoms with E-state index >= 15 is 0 Å². The summed E-state index contributed by atoms with van der Waals surface area (Å²) < 4.78 is 4.74. The predicted molar refractivity (Wildman–Crippen MR) is 33.7 cm³/mol. The minimum Gasteiger partial charge on any atom is -0.367 e. The number of carbonyl (C=O) groups is 1. The van der Waals surface area contributed by atoms with Crippen LogP contribution in [0.1, 0.15) is 0 Å². The Bertz CT molecular complexity index is 117. The van der Waals surface area contributed by atoms with Crippen molar-refractivity contribution in [1.29, 1.82) is 0 Å². The standard InChI is InChI=1S/C6H9NO2/c1-3-6(9-2)4-7-5-8/h1,5-6H,4H2,2H3,(H,7,8). The third kappa shape index (κ3) is 3.56. The molecule has 50 valence electrons. The van der Waals surface area contributed by atoms with E-state index in [0.29, 0.717) is 13.0 Å². The van der Waals surface area contributed by atoms with Crippen molar-refractivity contribution >= 4 is 6.41 Å². The van der Waals surface area contributed by atoms with Crippen molar-refractivity contribution < 1.29 is 9.53 Å². The van der Waals surface area contributed by atoms with Gasteiger partial charge in [-0.25, -0.2) is 0 Å². The van der Waals surface area contributed by atoms with Crippen LogP contribution in [0.4, 0.5) is 0 Å². The van der Waals surface area contributed by atoms with Gasteiger partial charge < -0.3 is 10.1 Å². The van der Waals surface area contributed by atoms with Crippen LogP contribution in [0.3, 0.4) is 0 Å². The minimum absolute atomic E-state index is 0.310. The molecule has 0 spiro atoms. The van der Waals surface area contributed by atoms with Gasteiger partial charge in [-0.3, -0.25) is 4.79 Å². The molecule has 3 nitrogen and oxygen atoms in total. The number of carbonyl (C=O) groups excluding carboxylic acids is 1. The maximum absolute atomic E-state index is 9.71. The Kier molecular flexibility index (Phi) is 4.56. The van der Waals surface area contributed by atoms with Gasteiger partial charge in [0.2, 0.25) is 6.41 Å². The molecule has 0 aromatic carbocycles. The quantitative estimate of drug-likeness (QED) is 0.404. The molecule has 0 aliphatic rings. The van der Waals surface area contributed by atoms with Gasteiger partial charge in [-0.15, -0.1) is 6.42 Å². The van der Waals surface area contributed by atoms with E-state index in [-0.39, 0.29) is 6.10 Å². The highest BCUT2D eigenvalue weighted by molar-refractivity contribution is 5.46. The normalized spacial score (nSPS) is 11.6. The molecule has 0 bridgehead atoms. The monoisotopic (exact) mass is 127 g/mol. The number of nitrogens with one attached hydrogen (secondary N) is 1. The summed E-state index contributed by atoms with van der Waals surface area (Å²) in [4.78, 5) is 9.71. The van der Waals surface area contributed by atoms with Crippen LogP contribution in [0.2, 0.25) is 0 Å². The van der Waals surface area contributed by atoms with Crippen LogP contribution in [0, 0.1) is 12.3 Å². The molecule has 0 fully saturated rings. The lowest BCUT2D eigenvalue weighted by atomic mass is 10.4. The van der Waals surface area contributed by atoms with Gasteiger partial charge in [0, 0.05) is 7.11 Å². The number of amides is 1. The van der Waals surface area contributed by atoms with E-state index < -0.39 is 0 Å². The van der Waals surface area contributed by atoms with Crippen molar-refractivity contribution in [2.24, 2.45) is 0 Å². The average molecular weight is 127 g/mol. The highest BCUT2D eigenvalue weighted by Crippen LogP contribution is 1.81. The highest BCUT2D eigenvalue weighted by atomic mass is 16.5. The van der Waals surface area contributed by atoms with E-state index in [4.69, 9.17) is 11.2 Å². The third-order valence-corrected chi connectivity index (χ3v) is 0.857. The van der Waals surface area contributed by atoms with Crippen LogP contribution in [0.15, 0.2) is 0 Å². The molecule has 0 saturated heterocycles. The Hall–Kier alpha value is -1.01. The Morgan fingerprint density at radius 2 is 2.67 bits per heavy atom. The largest absolute Gasteiger partial charge is 0.367 e. The topological polar surface area (TPSA) is 38.3 Å². The van der Waals surface area contributed by atoms with Crippen molar-refractivity contribution in [1.82, 2.24) is 5.32 Å². The number of methoxy groups -OCH3 is 1. The van der Waals surface area contributed by atoms with Crippen molar-refractivity contribution in [3.8, 4) is 12.3 Å². The molecule has 0 aromatic heterocycles. The SMILES string of the molecule is C#CC(CNC=O)OC. The van der Waals surface area contributed by atoms with Gasteiger partial charge in [0.25, 0.3) is 0 Å². The summed E-state index contributed by atoms with van der Waals surface area (Å²) in [7, 11) is 1.50. The Labute approximate surface area is 54.4 Å². The molecule has 0 heterocycles. The Balaban J connectivity index is 3.34. The van der Waals surface area contributed by atoms with Gasteiger partial charge in [-0.1, -0.05) is 5.92 Å². The fourth-order valence-electron chi connectivity index (χ4n) is 0.365. The van der Waals surface area contributed by atoms with Crippen molar-refractivity contribution in [3.05, 3.63) is 0 Å². The molecule has 0 aliphatic heterocycles. The second-order valence-electron chi connectivity index (χ2n) is 1.42. The molecule has 1 atom stereocenters. The number of terminal acetylenes is 1. The van der Waals surface area contributed by atoms with Crippen LogP contribution in [0.5, 0.6) is 0 Å². The fraction of sp³-hybridized carbons (Fsp3) is 0.500. The maximum atomic E-state index is 9.71. The van der Waals surface area contributed by atoms with E-state index in [1.54, 1.807) is 0 Å². The van der Waals surface area contributed by atoms with Gasteiger partial charge in [0.1, 0.15) is 6.10 Å². The Morgan fingerprint density at radius 1 is 2.00 bits per heavy atom. The van der Waals surface area contributed by atoms with E-state index in [2.05, 4.69) is 11.2 Å². The summed E-state index contributed by atoms with van der Waals surface area (Å²) in [5, 5.41) is 2.40. The zero-order chi connectivity index (χ0) is 7.11. The summed E-state index contributed by atoms with van der Waals surface area (Å²) in [6, 6.07) is 0. The molecule has 0 radical (unpaired) electrons. The van der Waals surface area contributed by atoms with Crippen molar-refractivity contribution in [3.63, 3.8) is 0 Å². The van der Waals surface area contributed by atoms with E-state index in [1.807, 2.05) is 0 Å². The van der Waals surface area contributed by atoms with Gasteiger partial charge in [-0.2, -0.15) is 0 Å². The lowest BCUT2D eigenvalue weighted by molar-refractivity contribution is -0.109. The lowest BCUT2D eigenvalue weighted by Crippen LogP contribution is -2.25. The van der Waals surface area contributed by atoms with E-state index in [0.717, 1.165) is 0 Å². The number of hydrogen-bond acceptors (Lipinski definition) is 2. The van der Waals surface area contributed by atoms with Crippen LogP contribution >= 0.6 is 0 Å². The van der Waals surface area contributed by atoms with Gasteiger partial charge in [0.15, 0.2) is 0 Å². The summed E-state index contributed by atoms with van der Waals surface area (Å²) in [6.07, 6.45) is 5.27. The lowest BCUT2D eigenvalue weighted by Gasteiger charge is -2.05. The summed E-state index contributed by atoms with van der Waals surface area (Å²) >= 11 is 0. The number of rotatable bonds is 4. The van der Waals surface area contributed by atoms with Crippen LogP contribution in [-0.2, 0) is 9.53 Å². The van der Waals surface area contributed by atoms with Gasteiger partial charge in [0.05, 0.1) is 6.54 Å². The maximum Gasteiger partial charge on any atom is 0.207 e. The molecule has 0 rings (SSSR count). The van der Waals surface area contributed by atoms with Crippen LogP contribution in [0.25, 0.3) is 0 Å². The van der Waals surface area contributed by atoms with E-state index in [9.17, 15) is 4.79 Å². The second-order valence-corrected chi connectivity index (χ2v) is 1.42. The molecule has 1 unspecified atom stereocenters. The molecule has 0 aliphatic carbocycles. The summed E-state index contributed by atoms with van der Waals surface area (Å²) in [6.45, 7) is 0.372. The van der Waals surface area contributed by atoms with Crippen LogP contribution in [-0.4, -0.2) is 26.2 Å². The molecule has 1 N–H and O–H groups in total. The Morgan fingerprint density at radius 3 is 3.00 bits per heavy atom. The molecule has 0 saturated carbocycles. The number of ether oxygens (including phenoxy) is 1. The minimum atomic E-state index is -0.310. The molecule has 3 heteroatoms. The van der Waals surface area contributed by atoms with Crippen molar-refractivity contribution in [2.45, 2.75) is 6.10 Å². The zero-order valence-electron chi connectivity index (χ0n) is 5.26. The first-order chi connectivity index (χ1) is 4.35. The van der Waals surface area contributed by atoms with Gasteiger partial charge >= 0.3 is 0 Å². The first kappa shape index (κ1) is 7.99. The molecule has 1 amide bonds. The van der Waals surface area contributed by atoms with Crippen LogP contribution < -0.4 is 5.32 Å². The zero-order valence-corrected chi connectivity index (χ0v) is 5.26. The summed E-state index contributed by atoms with van der Waals surface area (Å²) in [5.74, 6) is 2.34. The number of hydrogen-bond donors (Lipinski definition) is 1. The smallest absolute Gasteiger partial charge is 0.207 e. The second kappa shape index (κ2) is 5.13. The average Bonchev–Trinajstić information content (AvgIpc) is 1.91. The third-order valence-electron chi connectivity index (χ3n) is 0.857. The molecular weight excluding hydrogens is 118 g/mol. The predicted octanol–water partition coefficient (Wildman–Crippen LogP) is -0.619. The van der Waals surface area contributed by atoms with Gasteiger partial charge in [-0.05, 0) is 0 Å². The molecule has 9 heavy (non-hydrogen) atoms. The summed E-state index contributed by atoms with van der Waals surface area (Å²) in [5.41, 5.74) is 0. The van der Waals surface area contributed by atoms with E-state index in [1.165, 1.54) is 7.11 Å². The fourth-order valence-corrected chi connectivity index (χ4v) is 0.365. The highest BCUT2D eigenvalue weighted by Gasteiger charge is 1.97. The molecule has 0 aromatic rings. The first-order valence-electron chi connectivity index (χ1n) is 2.51. The molecular formula is C6H9NO2. The van der Waals surface area contributed by atoms with Crippen molar-refractivity contribution in [2.75, 3.05) is 13.7 Å².